The molecule has 0 aliphatic rings. The molecular weight excluding hydrogens is 238 g/mol. The molecule has 0 fully saturated rings. The van der Waals surface area contributed by atoms with E-state index < -0.39 is 0 Å². The van der Waals surface area contributed by atoms with Gasteiger partial charge in [-0.3, -0.25) is 4.98 Å². The molecule has 100 valence electrons. The summed E-state index contributed by atoms with van der Waals surface area (Å²) in [5, 5.41) is 3.24. The quantitative estimate of drug-likeness (QED) is 0.765. The number of allylic oxidation sites excluding steroid dienone is 1. The second kappa shape index (κ2) is 7.36. The predicted molar refractivity (Wildman–Crippen MR) is 76.6 cm³/mol. The lowest BCUT2D eigenvalue weighted by Gasteiger charge is -2.05. The highest BCUT2D eigenvalue weighted by atomic mass is 16.3. The molecule has 0 aromatic carbocycles. The zero-order valence-electron chi connectivity index (χ0n) is 11.2. The van der Waals surface area contributed by atoms with Crippen LogP contribution in [0.2, 0.25) is 0 Å². The van der Waals surface area contributed by atoms with Gasteiger partial charge in [0, 0.05) is 12.4 Å². The third-order valence-corrected chi connectivity index (χ3v) is 2.74. The van der Waals surface area contributed by atoms with Crippen molar-refractivity contribution in [2.24, 2.45) is 0 Å². The third-order valence-electron chi connectivity index (χ3n) is 2.74. The minimum Gasteiger partial charge on any atom is -0.467 e. The van der Waals surface area contributed by atoms with Gasteiger partial charge in [0.15, 0.2) is 5.82 Å². The molecule has 0 saturated carbocycles. The van der Waals surface area contributed by atoms with Gasteiger partial charge in [-0.05, 0) is 24.6 Å². The lowest BCUT2D eigenvalue weighted by Crippen LogP contribution is -2.03. The molecule has 0 spiro atoms. The maximum absolute atomic E-state index is 5.28. The number of hydrogen-bond donors (Lipinski definition) is 1. The zero-order valence-corrected chi connectivity index (χ0v) is 11.2. The first-order valence-electron chi connectivity index (χ1n) is 6.64. The lowest BCUT2D eigenvalue weighted by molar-refractivity contribution is 0.518. The Morgan fingerprint density at radius 3 is 3.00 bits per heavy atom. The van der Waals surface area contributed by atoms with Crippen LogP contribution in [0.1, 0.15) is 37.6 Å². The van der Waals surface area contributed by atoms with Gasteiger partial charge in [-0.15, -0.1) is 0 Å². The van der Waals surface area contributed by atoms with Crippen LogP contribution in [0.15, 0.2) is 41.3 Å². The predicted octanol–water partition coefficient (Wildman–Crippen LogP) is 3.89. The van der Waals surface area contributed by atoms with Gasteiger partial charge in [-0.25, -0.2) is 4.98 Å². The van der Waals surface area contributed by atoms with Crippen LogP contribution < -0.4 is 5.32 Å². The largest absolute Gasteiger partial charge is 0.467 e. The van der Waals surface area contributed by atoms with Crippen molar-refractivity contribution in [3.63, 3.8) is 0 Å². The molecule has 0 bridgehead atoms. The Balaban J connectivity index is 1.97. The van der Waals surface area contributed by atoms with Gasteiger partial charge >= 0.3 is 0 Å². The van der Waals surface area contributed by atoms with Crippen molar-refractivity contribution in [1.82, 2.24) is 9.97 Å². The molecule has 0 unspecified atom stereocenters. The van der Waals surface area contributed by atoms with Crippen LogP contribution in [0, 0.1) is 0 Å². The van der Waals surface area contributed by atoms with Crippen LogP contribution >= 0.6 is 0 Å². The highest BCUT2D eigenvalue weighted by molar-refractivity contribution is 5.58. The van der Waals surface area contributed by atoms with Gasteiger partial charge in [0.1, 0.15) is 11.5 Å². The van der Waals surface area contributed by atoms with E-state index in [1.807, 2.05) is 18.2 Å². The highest BCUT2D eigenvalue weighted by Gasteiger charge is 2.02. The summed E-state index contributed by atoms with van der Waals surface area (Å²) >= 11 is 0. The van der Waals surface area contributed by atoms with Crippen LogP contribution in [-0.2, 0) is 6.54 Å². The molecule has 2 rings (SSSR count). The summed E-state index contributed by atoms with van der Waals surface area (Å²) in [6, 6.07) is 3.80. The molecule has 0 aliphatic carbocycles. The Hall–Kier alpha value is -2.10. The maximum Gasteiger partial charge on any atom is 0.152 e. The zero-order chi connectivity index (χ0) is 13.3. The Morgan fingerprint density at radius 1 is 1.32 bits per heavy atom. The van der Waals surface area contributed by atoms with E-state index in [4.69, 9.17) is 4.42 Å². The van der Waals surface area contributed by atoms with Crippen molar-refractivity contribution in [2.75, 3.05) is 5.32 Å². The summed E-state index contributed by atoms with van der Waals surface area (Å²) in [5.74, 6) is 1.67. The van der Waals surface area contributed by atoms with Crippen LogP contribution in [0.25, 0.3) is 6.08 Å². The summed E-state index contributed by atoms with van der Waals surface area (Å²) in [4.78, 5) is 8.64. The number of furan rings is 1. The fraction of sp³-hybridized carbons (Fsp3) is 0.333. The van der Waals surface area contributed by atoms with E-state index in [2.05, 4.69) is 28.3 Å². The van der Waals surface area contributed by atoms with Crippen molar-refractivity contribution >= 4 is 11.9 Å². The average Bonchev–Trinajstić information content (AvgIpc) is 2.96. The molecule has 2 aromatic rings. The van der Waals surface area contributed by atoms with Gasteiger partial charge in [-0.1, -0.05) is 25.8 Å². The number of unbranched alkanes of at least 4 members (excludes halogenated alkanes) is 2. The van der Waals surface area contributed by atoms with E-state index in [1.165, 1.54) is 12.8 Å². The molecule has 1 N–H and O–H groups in total. The van der Waals surface area contributed by atoms with Gasteiger partial charge in [0.2, 0.25) is 0 Å². The number of rotatable bonds is 7. The van der Waals surface area contributed by atoms with Gasteiger partial charge in [0.05, 0.1) is 12.8 Å². The fourth-order valence-corrected chi connectivity index (χ4v) is 1.71. The number of nitrogens with one attached hydrogen (secondary N) is 1. The van der Waals surface area contributed by atoms with E-state index in [-0.39, 0.29) is 0 Å². The number of nitrogens with zero attached hydrogens (tertiary/aromatic N) is 2. The first-order chi connectivity index (χ1) is 9.40. The first kappa shape index (κ1) is 13.3. The van der Waals surface area contributed by atoms with E-state index >= 15 is 0 Å². The molecule has 0 radical (unpaired) electrons. The minimum atomic E-state index is 0.613. The second-order valence-electron chi connectivity index (χ2n) is 4.27. The van der Waals surface area contributed by atoms with Crippen molar-refractivity contribution < 1.29 is 4.42 Å². The van der Waals surface area contributed by atoms with Crippen LogP contribution in [0.5, 0.6) is 0 Å². The van der Waals surface area contributed by atoms with E-state index in [0.29, 0.717) is 6.54 Å². The normalized spacial score (nSPS) is 11.0. The topological polar surface area (TPSA) is 51.0 Å². The second-order valence-corrected chi connectivity index (χ2v) is 4.27. The van der Waals surface area contributed by atoms with Crippen LogP contribution in [0.4, 0.5) is 5.82 Å². The molecule has 4 heteroatoms. The monoisotopic (exact) mass is 257 g/mol. The summed E-state index contributed by atoms with van der Waals surface area (Å²) in [6.45, 7) is 2.80. The summed E-state index contributed by atoms with van der Waals surface area (Å²) < 4.78 is 5.28. The van der Waals surface area contributed by atoms with Gasteiger partial charge in [-0.2, -0.15) is 0 Å². The van der Waals surface area contributed by atoms with E-state index in [1.54, 1.807) is 18.7 Å². The van der Waals surface area contributed by atoms with Crippen molar-refractivity contribution in [1.29, 1.82) is 0 Å². The van der Waals surface area contributed by atoms with Crippen molar-refractivity contribution in [3.8, 4) is 0 Å². The van der Waals surface area contributed by atoms with Gasteiger partial charge in [0.25, 0.3) is 0 Å². The summed E-state index contributed by atoms with van der Waals surface area (Å²) in [5.41, 5.74) is 0.866. The lowest BCUT2D eigenvalue weighted by atomic mass is 10.2. The maximum atomic E-state index is 5.28. The number of aromatic nitrogens is 2. The molecule has 0 saturated heterocycles. The average molecular weight is 257 g/mol. The Labute approximate surface area is 113 Å². The molecular formula is C15H19N3O. The van der Waals surface area contributed by atoms with Crippen LogP contribution in [0.3, 0.4) is 0 Å². The highest BCUT2D eigenvalue weighted by Crippen LogP contribution is 2.13. The fourth-order valence-electron chi connectivity index (χ4n) is 1.71. The Bertz CT molecular complexity index is 506. The molecule has 2 aromatic heterocycles. The number of anilines is 1. The SMILES string of the molecule is CCCC/C=C/c1nccnc1NCc1ccco1. The summed E-state index contributed by atoms with van der Waals surface area (Å²) in [7, 11) is 0. The van der Waals surface area contributed by atoms with Crippen molar-refractivity contribution in [3.05, 3.63) is 48.3 Å². The number of hydrogen-bond acceptors (Lipinski definition) is 4. The van der Waals surface area contributed by atoms with Crippen LogP contribution in [-0.4, -0.2) is 9.97 Å². The Kier molecular flexibility index (Phi) is 5.17. The molecule has 2 heterocycles. The minimum absolute atomic E-state index is 0.613. The smallest absolute Gasteiger partial charge is 0.152 e. The Morgan fingerprint density at radius 2 is 2.21 bits per heavy atom. The molecule has 0 amide bonds. The molecule has 0 atom stereocenters. The van der Waals surface area contributed by atoms with Gasteiger partial charge < -0.3 is 9.73 Å². The van der Waals surface area contributed by atoms with Crippen molar-refractivity contribution in [2.45, 2.75) is 32.7 Å². The third kappa shape index (κ3) is 4.25. The molecule has 19 heavy (non-hydrogen) atoms. The molecule has 4 nitrogen and oxygen atoms in total. The summed E-state index contributed by atoms with van der Waals surface area (Å²) in [6.07, 6.45) is 12.7. The first-order valence-corrected chi connectivity index (χ1v) is 6.64. The van der Waals surface area contributed by atoms with E-state index in [0.717, 1.165) is 23.7 Å². The standard InChI is InChI=1S/C15H19N3O/c1-2-3-4-5-8-14-15(17-10-9-16-14)18-12-13-7-6-11-19-13/h5-11H,2-4,12H2,1H3,(H,17,18)/b8-5+. The molecule has 0 aliphatic heterocycles. The van der Waals surface area contributed by atoms with E-state index in [9.17, 15) is 0 Å².